The highest BCUT2D eigenvalue weighted by Crippen LogP contribution is 2.23. The zero-order valence-corrected chi connectivity index (χ0v) is 18.4. The third kappa shape index (κ3) is 4.23. The number of carbonyl (C=O) groups is 1. The number of piperazine rings is 1. The van der Waals surface area contributed by atoms with Crippen molar-refractivity contribution < 1.29 is 17.9 Å². The van der Waals surface area contributed by atoms with Gasteiger partial charge in [0.25, 0.3) is 0 Å². The van der Waals surface area contributed by atoms with Crippen molar-refractivity contribution in [2.24, 2.45) is 0 Å². The Morgan fingerprint density at radius 1 is 1.00 bits per heavy atom. The molecule has 4 rings (SSSR count). The molecule has 8 heteroatoms. The standard InChI is InChI=1S/C22H29N3O4S/c1-22(2)17-29-14-13-24(22)16-21(26)23-9-11-25(12-10-23)30(27,28)20-8-7-18-5-3-4-6-19(18)15-20/h3-8,15H,9-14,16-17H2,1-2H3. The minimum atomic E-state index is -3.58. The fourth-order valence-electron chi connectivity index (χ4n) is 4.10. The first-order valence-electron chi connectivity index (χ1n) is 10.4. The summed E-state index contributed by atoms with van der Waals surface area (Å²) in [7, 11) is -3.58. The Morgan fingerprint density at radius 2 is 1.70 bits per heavy atom. The van der Waals surface area contributed by atoms with Crippen LogP contribution < -0.4 is 0 Å². The minimum Gasteiger partial charge on any atom is -0.378 e. The number of sulfonamides is 1. The van der Waals surface area contributed by atoms with E-state index in [1.165, 1.54) is 4.31 Å². The molecule has 0 unspecified atom stereocenters. The molecule has 2 heterocycles. The summed E-state index contributed by atoms with van der Waals surface area (Å²) in [6, 6.07) is 12.9. The van der Waals surface area contributed by atoms with Crippen LogP contribution in [-0.2, 0) is 19.6 Å². The maximum atomic E-state index is 13.1. The minimum absolute atomic E-state index is 0.0488. The summed E-state index contributed by atoms with van der Waals surface area (Å²) >= 11 is 0. The summed E-state index contributed by atoms with van der Waals surface area (Å²) < 4.78 is 33.2. The first kappa shape index (κ1) is 21.2. The molecule has 0 aliphatic carbocycles. The molecular formula is C22H29N3O4S. The molecule has 0 bridgehead atoms. The Bertz CT molecular complexity index is 1030. The second-order valence-electron chi connectivity index (χ2n) is 8.58. The molecule has 0 radical (unpaired) electrons. The number of carbonyl (C=O) groups excluding carboxylic acids is 1. The normalized spacial score (nSPS) is 21.1. The Morgan fingerprint density at radius 3 is 2.40 bits per heavy atom. The van der Waals surface area contributed by atoms with E-state index in [2.05, 4.69) is 18.7 Å². The van der Waals surface area contributed by atoms with Crippen LogP contribution in [-0.4, -0.2) is 86.5 Å². The molecule has 2 saturated heterocycles. The number of amides is 1. The SMILES string of the molecule is CC1(C)COCCN1CC(=O)N1CCN(S(=O)(=O)c2ccc3ccccc3c2)CC1. The maximum absolute atomic E-state index is 13.1. The van der Waals surface area contributed by atoms with Gasteiger partial charge in [-0.3, -0.25) is 9.69 Å². The predicted molar refractivity (Wildman–Crippen MR) is 116 cm³/mol. The molecule has 0 saturated carbocycles. The fourth-order valence-corrected chi connectivity index (χ4v) is 5.56. The number of morpholine rings is 1. The summed E-state index contributed by atoms with van der Waals surface area (Å²) in [6.45, 7) is 7.92. The molecule has 162 valence electrons. The molecule has 2 aromatic carbocycles. The largest absolute Gasteiger partial charge is 0.378 e. The van der Waals surface area contributed by atoms with Gasteiger partial charge in [-0.05, 0) is 36.8 Å². The monoisotopic (exact) mass is 431 g/mol. The first-order chi connectivity index (χ1) is 14.3. The zero-order chi connectivity index (χ0) is 21.4. The number of fused-ring (bicyclic) bond motifs is 1. The average molecular weight is 432 g/mol. The molecule has 2 aliphatic rings. The summed E-state index contributed by atoms with van der Waals surface area (Å²) in [5.41, 5.74) is -0.171. The third-order valence-corrected chi connectivity index (χ3v) is 7.99. The number of ether oxygens (including phenoxy) is 1. The van der Waals surface area contributed by atoms with Crippen LogP contribution in [0.3, 0.4) is 0 Å². The van der Waals surface area contributed by atoms with Crippen LogP contribution >= 0.6 is 0 Å². The fraction of sp³-hybridized carbons (Fsp3) is 0.500. The van der Waals surface area contributed by atoms with E-state index in [1.54, 1.807) is 17.0 Å². The van der Waals surface area contributed by atoms with Crippen molar-refractivity contribution in [3.05, 3.63) is 42.5 Å². The van der Waals surface area contributed by atoms with Gasteiger partial charge in [-0.15, -0.1) is 0 Å². The number of hydrogen-bond acceptors (Lipinski definition) is 5. The van der Waals surface area contributed by atoms with Gasteiger partial charge in [-0.1, -0.05) is 30.3 Å². The molecule has 2 aliphatic heterocycles. The van der Waals surface area contributed by atoms with E-state index in [9.17, 15) is 13.2 Å². The van der Waals surface area contributed by atoms with Gasteiger partial charge in [0.15, 0.2) is 0 Å². The van der Waals surface area contributed by atoms with Gasteiger partial charge in [0.2, 0.25) is 15.9 Å². The highest BCUT2D eigenvalue weighted by Gasteiger charge is 2.35. The molecule has 0 aromatic heterocycles. The number of rotatable bonds is 4. The average Bonchev–Trinajstić information content (AvgIpc) is 2.75. The van der Waals surface area contributed by atoms with Gasteiger partial charge in [0, 0.05) is 38.3 Å². The summed E-state index contributed by atoms with van der Waals surface area (Å²) in [4.78, 5) is 17.0. The van der Waals surface area contributed by atoms with E-state index in [0.717, 1.165) is 17.3 Å². The Kier molecular flexibility index (Phi) is 5.85. The summed E-state index contributed by atoms with van der Waals surface area (Å²) in [6.07, 6.45) is 0. The zero-order valence-electron chi connectivity index (χ0n) is 17.6. The van der Waals surface area contributed by atoms with Crippen LogP contribution in [0.15, 0.2) is 47.4 Å². The molecule has 1 amide bonds. The second kappa shape index (κ2) is 8.26. The van der Waals surface area contributed by atoms with E-state index in [4.69, 9.17) is 4.74 Å². The number of benzene rings is 2. The van der Waals surface area contributed by atoms with Crippen LogP contribution in [0.1, 0.15) is 13.8 Å². The quantitative estimate of drug-likeness (QED) is 0.738. The van der Waals surface area contributed by atoms with Crippen molar-refractivity contribution in [3.63, 3.8) is 0 Å². The van der Waals surface area contributed by atoms with Crippen molar-refractivity contribution in [2.75, 3.05) is 52.5 Å². The van der Waals surface area contributed by atoms with Gasteiger partial charge < -0.3 is 9.64 Å². The first-order valence-corrected chi connectivity index (χ1v) is 11.8. The Labute approximate surface area is 178 Å². The van der Waals surface area contributed by atoms with E-state index in [-0.39, 0.29) is 11.4 Å². The van der Waals surface area contributed by atoms with Crippen LogP contribution in [0.5, 0.6) is 0 Å². The molecule has 7 nitrogen and oxygen atoms in total. The lowest BCUT2D eigenvalue weighted by molar-refractivity contribution is -0.138. The van der Waals surface area contributed by atoms with Crippen molar-refractivity contribution in [2.45, 2.75) is 24.3 Å². The van der Waals surface area contributed by atoms with Crippen LogP contribution in [0.2, 0.25) is 0 Å². The smallest absolute Gasteiger partial charge is 0.243 e. The van der Waals surface area contributed by atoms with Gasteiger partial charge in [0.1, 0.15) is 0 Å². The lowest BCUT2D eigenvalue weighted by Crippen LogP contribution is -2.58. The summed E-state index contributed by atoms with van der Waals surface area (Å²) in [5, 5.41) is 1.92. The predicted octanol–water partition coefficient (Wildman–Crippen LogP) is 1.78. The van der Waals surface area contributed by atoms with Gasteiger partial charge >= 0.3 is 0 Å². The second-order valence-corrected chi connectivity index (χ2v) is 10.5. The van der Waals surface area contributed by atoms with Crippen molar-refractivity contribution in [1.82, 2.24) is 14.1 Å². The topological polar surface area (TPSA) is 70.2 Å². The molecule has 0 spiro atoms. The maximum Gasteiger partial charge on any atom is 0.243 e. The highest BCUT2D eigenvalue weighted by molar-refractivity contribution is 7.89. The van der Waals surface area contributed by atoms with Crippen LogP contribution in [0.4, 0.5) is 0 Å². The van der Waals surface area contributed by atoms with E-state index < -0.39 is 10.0 Å². The molecule has 2 aromatic rings. The lowest BCUT2D eigenvalue weighted by Gasteiger charge is -2.43. The van der Waals surface area contributed by atoms with E-state index in [0.29, 0.717) is 50.8 Å². The van der Waals surface area contributed by atoms with Gasteiger partial charge in [-0.2, -0.15) is 4.31 Å². The van der Waals surface area contributed by atoms with E-state index >= 15 is 0 Å². The van der Waals surface area contributed by atoms with Crippen molar-refractivity contribution in [1.29, 1.82) is 0 Å². The molecule has 2 fully saturated rings. The Hall–Kier alpha value is -2.00. The molecule has 30 heavy (non-hydrogen) atoms. The number of nitrogens with zero attached hydrogens (tertiary/aromatic N) is 3. The van der Waals surface area contributed by atoms with E-state index in [1.807, 2.05) is 30.3 Å². The van der Waals surface area contributed by atoms with Gasteiger partial charge in [0.05, 0.1) is 24.7 Å². The van der Waals surface area contributed by atoms with Crippen LogP contribution in [0, 0.1) is 0 Å². The number of hydrogen-bond donors (Lipinski definition) is 0. The molecule has 0 atom stereocenters. The van der Waals surface area contributed by atoms with Gasteiger partial charge in [-0.25, -0.2) is 8.42 Å². The lowest BCUT2D eigenvalue weighted by atomic mass is 10.0. The Balaban J connectivity index is 1.40. The molecular weight excluding hydrogens is 402 g/mol. The third-order valence-electron chi connectivity index (χ3n) is 6.09. The highest BCUT2D eigenvalue weighted by atomic mass is 32.2. The molecule has 0 N–H and O–H groups in total. The summed E-state index contributed by atoms with van der Waals surface area (Å²) in [5.74, 6) is 0.0488. The van der Waals surface area contributed by atoms with Crippen LogP contribution in [0.25, 0.3) is 10.8 Å². The van der Waals surface area contributed by atoms with Crippen molar-refractivity contribution >= 4 is 26.7 Å². The van der Waals surface area contributed by atoms with Crippen molar-refractivity contribution in [3.8, 4) is 0 Å².